The minimum absolute atomic E-state index is 0.000626. The fraction of sp³-hybridized carbons (Fsp3) is 0.435. The van der Waals surface area contributed by atoms with Crippen LogP contribution in [0.25, 0.3) is 0 Å². The number of carboxylic acids is 1. The van der Waals surface area contributed by atoms with Gasteiger partial charge in [0.25, 0.3) is 5.91 Å². The molecular formula is C23H27F2N3O4. The van der Waals surface area contributed by atoms with Crippen LogP contribution in [0.1, 0.15) is 48.8 Å². The van der Waals surface area contributed by atoms with Crippen molar-refractivity contribution in [3.8, 4) is 0 Å². The van der Waals surface area contributed by atoms with Gasteiger partial charge in [-0.3, -0.25) is 9.59 Å². The molecule has 1 fully saturated rings. The van der Waals surface area contributed by atoms with Gasteiger partial charge in [-0.2, -0.15) is 0 Å². The van der Waals surface area contributed by atoms with E-state index >= 15 is 0 Å². The number of piperidine rings is 1. The minimum atomic E-state index is -0.958. The molecule has 2 N–H and O–H groups in total. The van der Waals surface area contributed by atoms with Crippen LogP contribution < -0.4 is 5.32 Å². The van der Waals surface area contributed by atoms with E-state index in [2.05, 4.69) is 10.3 Å². The number of hydrogen-bond donors (Lipinski definition) is 2. The van der Waals surface area contributed by atoms with Gasteiger partial charge in [-0.05, 0) is 42.5 Å². The maximum Gasteiger partial charge on any atom is 0.303 e. The molecule has 172 valence electrons. The molecule has 0 spiro atoms. The van der Waals surface area contributed by atoms with Gasteiger partial charge in [0.05, 0.1) is 23.9 Å². The molecule has 2 aromatic rings. The Morgan fingerprint density at radius 2 is 2.00 bits per heavy atom. The van der Waals surface area contributed by atoms with Crippen LogP contribution >= 0.6 is 0 Å². The molecule has 1 aromatic carbocycles. The van der Waals surface area contributed by atoms with E-state index in [0.717, 1.165) is 12.1 Å². The molecular weight excluding hydrogens is 420 g/mol. The zero-order chi connectivity index (χ0) is 23.4. The van der Waals surface area contributed by atoms with Crippen LogP contribution in [0, 0.1) is 17.6 Å². The third-order valence-electron chi connectivity index (χ3n) is 5.61. The van der Waals surface area contributed by atoms with Crippen molar-refractivity contribution >= 4 is 23.3 Å². The molecule has 0 radical (unpaired) electrons. The van der Waals surface area contributed by atoms with Gasteiger partial charge >= 0.3 is 5.97 Å². The number of aromatic nitrogens is 1. The van der Waals surface area contributed by atoms with Crippen LogP contribution in [0.3, 0.4) is 0 Å². The van der Waals surface area contributed by atoms with Crippen molar-refractivity contribution in [2.24, 2.45) is 5.92 Å². The lowest BCUT2D eigenvalue weighted by Gasteiger charge is -2.37. The van der Waals surface area contributed by atoms with Crippen molar-refractivity contribution in [3.05, 3.63) is 53.4 Å². The number of ether oxygens (including phenoxy) is 1. The summed E-state index contributed by atoms with van der Waals surface area (Å²) in [6.45, 7) is 4.56. The number of methoxy groups -OCH3 is 1. The van der Waals surface area contributed by atoms with Crippen molar-refractivity contribution in [3.63, 3.8) is 0 Å². The zero-order valence-electron chi connectivity index (χ0n) is 18.3. The summed E-state index contributed by atoms with van der Waals surface area (Å²) in [7, 11) is 1.52. The fourth-order valence-corrected chi connectivity index (χ4v) is 3.91. The minimum Gasteiger partial charge on any atom is -0.481 e. The molecule has 1 saturated heterocycles. The number of pyridine rings is 1. The van der Waals surface area contributed by atoms with E-state index < -0.39 is 17.6 Å². The summed E-state index contributed by atoms with van der Waals surface area (Å²) >= 11 is 0. The predicted octanol–water partition coefficient (Wildman–Crippen LogP) is 4.18. The van der Waals surface area contributed by atoms with E-state index in [-0.39, 0.29) is 36.0 Å². The number of nitrogens with zero attached hydrogens (tertiary/aromatic N) is 2. The second-order valence-corrected chi connectivity index (χ2v) is 8.21. The number of amides is 1. The van der Waals surface area contributed by atoms with E-state index in [1.165, 1.54) is 13.2 Å². The Kier molecular flexibility index (Phi) is 7.40. The maximum atomic E-state index is 13.6. The molecule has 32 heavy (non-hydrogen) atoms. The molecule has 0 unspecified atom stereocenters. The Morgan fingerprint density at radius 3 is 2.62 bits per heavy atom. The van der Waals surface area contributed by atoms with Crippen LogP contribution in [-0.2, 0) is 9.53 Å². The lowest BCUT2D eigenvalue weighted by atomic mass is 9.90. The number of nitrogens with one attached hydrogen (secondary N) is 1. The number of aliphatic carboxylic acids is 1. The van der Waals surface area contributed by atoms with Gasteiger partial charge in [0, 0.05) is 32.0 Å². The van der Waals surface area contributed by atoms with Crippen molar-refractivity contribution in [1.29, 1.82) is 0 Å². The summed E-state index contributed by atoms with van der Waals surface area (Å²) in [4.78, 5) is 30.3. The van der Waals surface area contributed by atoms with Gasteiger partial charge in [0.2, 0.25) is 0 Å². The Labute approximate surface area is 185 Å². The number of benzene rings is 1. The largest absolute Gasteiger partial charge is 0.481 e. The predicted molar refractivity (Wildman–Crippen MR) is 115 cm³/mol. The third kappa shape index (κ3) is 5.40. The Morgan fingerprint density at radius 1 is 1.25 bits per heavy atom. The van der Waals surface area contributed by atoms with E-state index in [1.807, 2.05) is 13.8 Å². The molecule has 2 heterocycles. The summed E-state index contributed by atoms with van der Waals surface area (Å²) in [5.74, 6) is -3.22. The Bertz CT molecular complexity index is 999. The van der Waals surface area contributed by atoms with E-state index in [4.69, 9.17) is 9.84 Å². The number of carbonyl (C=O) groups excluding carboxylic acids is 1. The van der Waals surface area contributed by atoms with Crippen LogP contribution in [0.4, 0.5) is 20.2 Å². The molecule has 0 bridgehead atoms. The molecule has 1 aliphatic rings. The van der Waals surface area contributed by atoms with Crippen LogP contribution in [-0.4, -0.2) is 53.2 Å². The summed E-state index contributed by atoms with van der Waals surface area (Å²) in [6.07, 6.45) is 0.173. The summed E-state index contributed by atoms with van der Waals surface area (Å²) in [6, 6.07) is 6.81. The van der Waals surface area contributed by atoms with Crippen molar-refractivity contribution < 1.29 is 28.2 Å². The molecule has 0 saturated carbocycles. The maximum absolute atomic E-state index is 13.6. The van der Waals surface area contributed by atoms with Crippen molar-refractivity contribution in [1.82, 2.24) is 9.88 Å². The first-order chi connectivity index (χ1) is 15.2. The zero-order valence-corrected chi connectivity index (χ0v) is 18.3. The molecule has 1 aliphatic heterocycles. The second-order valence-electron chi connectivity index (χ2n) is 8.21. The van der Waals surface area contributed by atoms with Crippen LogP contribution in [0.5, 0.6) is 0 Å². The summed E-state index contributed by atoms with van der Waals surface area (Å²) in [5, 5.41) is 12.1. The lowest BCUT2D eigenvalue weighted by molar-refractivity contribution is -0.140. The van der Waals surface area contributed by atoms with Gasteiger partial charge < -0.3 is 20.1 Å². The molecule has 2 atom stereocenters. The topological polar surface area (TPSA) is 91.8 Å². The number of hydrogen-bond acceptors (Lipinski definition) is 5. The average Bonchev–Trinajstić information content (AvgIpc) is 2.75. The second kappa shape index (κ2) is 10.0. The average molecular weight is 447 g/mol. The van der Waals surface area contributed by atoms with Gasteiger partial charge in [-0.1, -0.05) is 13.8 Å². The normalized spacial score (nSPS) is 18.6. The number of carbonyl (C=O) groups is 2. The number of likely N-dealkylation sites (tertiary alicyclic amines) is 1. The molecule has 9 heteroatoms. The van der Waals surface area contributed by atoms with Gasteiger partial charge in [0.15, 0.2) is 11.6 Å². The Hall–Kier alpha value is -3.07. The monoisotopic (exact) mass is 447 g/mol. The van der Waals surface area contributed by atoms with Crippen molar-refractivity contribution in [2.75, 3.05) is 25.5 Å². The highest BCUT2D eigenvalue weighted by atomic mass is 19.2. The standard InChI is InChI=1S/C23H27F2N3O4/c1-13(2)22-18(26-15-4-5-16(24)17(25)11-15)6-7-19(27-22)23(31)28-9-8-14(10-21(29)30)20(12-28)32-3/h4-7,11,13-14,20,26H,8-10,12H2,1-3H3,(H,29,30)/t14-,20-/m0/s1. The van der Waals surface area contributed by atoms with Crippen LogP contribution in [0.2, 0.25) is 0 Å². The van der Waals surface area contributed by atoms with E-state index in [9.17, 15) is 18.4 Å². The molecule has 0 aliphatic carbocycles. The van der Waals surface area contributed by atoms with Gasteiger partial charge in [-0.25, -0.2) is 13.8 Å². The number of carboxylic acid groups (broad SMARTS) is 1. The lowest BCUT2D eigenvalue weighted by Crippen LogP contribution is -2.48. The molecule has 3 rings (SSSR count). The molecule has 1 amide bonds. The number of halogens is 2. The fourth-order valence-electron chi connectivity index (χ4n) is 3.91. The molecule has 7 nitrogen and oxygen atoms in total. The highest BCUT2D eigenvalue weighted by Gasteiger charge is 2.33. The van der Waals surface area contributed by atoms with Gasteiger partial charge in [0.1, 0.15) is 5.69 Å². The first kappa shape index (κ1) is 23.6. The van der Waals surface area contributed by atoms with Crippen LogP contribution in [0.15, 0.2) is 30.3 Å². The van der Waals surface area contributed by atoms with Gasteiger partial charge in [-0.15, -0.1) is 0 Å². The summed E-state index contributed by atoms with van der Waals surface area (Å²) in [5.41, 5.74) is 1.84. The smallest absolute Gasteiger partial charge is 0.303 e. The SMILES string of the molecule is CO[C@H]1CN(C(=O)c2ccc(Nc3ccc(F)c(F)c3)c(C(C)C)n2)CC[C@H]1CC(=O)O. The number of rotatable bonds is 7. The number of anilines is 2. The van der Waals surface area contributed by atoms with Crippen molar-refractivity contribution in [2.45, 2.75) is 38.7 Å². The first-order valence-corrected chi connectivity index (χ1v) is 10.5. The first-order valence-electron chi connectivity index (χ1n) is 10.5. The quantitative estimate of drug-likeness (QED) is 0.662. The highest BCUT2D eigenvalue weighted by Crippen LogP contribution is 2.28. The Balaban J connectivity index is 1.79. The third-order valence-corrected chi connectivity index (χ3v) is 5.61. The molecule has 1 aromatic heterocycles. The highest BCUT2D eigenvalue weighted by molar-refractivity contribution is 5.93. The van der Waals surface area contributed by atoms with E-state index in [0.29, 0.717) is 36.6 Å². The summed E-state index contributed by atoms with van der Waals surface area (Å²) < 4.78 is 32.2. The van der Waals surface area contributed by atoms with E-state index in [1.54, 1.807) is 17.0 Å².